The van der Waals surface area contributed by atoms with Crippen molar-refractivity contribution < 1.29 is 14.3 Å². The minimum Gasteiger partial charge on any atom is -0.494 e. The fraction of sp³-hybridized carbons (Fsp3) is 0.263. The molecule has 0 saturated carbocycles. The molecule has 0 aliphatic carbocycles. The molecular formula is C19H22N2O3. The maximum absolute atomic E-state index is 12.1. The zero-order valence-electron chi connectivity index (χ0n) is 13.9. The van der Waals surface area contributed by atoms with Crippen LogP contribution >= 0.6 is 0 Å². The molecular weight excluding hydrogens is 304 g/mol. The Kier molecular flexibility index (Phi) is 6.37. The molecule has 0 saturated heterocycles. The van der Waals surface area contributed by atoms with E-state index in [0.29, 0.717) is 29.4 Å². The molecule has 0 fully saturated rings. The second-order valence-electron chi connectivity index (χ2n) is 5.83. The van der Waals surface area contributed by atoms with Crippen molar-refractivity contribution in [2.75, 3.05) is 6.61 Å². The van der Waals surface area contributed by atoms with Crippen LogP contribution in [0.4, 0.5) is 0 Å². The predicted molar refractivity (Wildman–Crippen MR) is 92.8 cm³/mol. The first-order valence-corrected chi connectivity index (χ1v) is 7.95. The van der Waals surface area contributed by atoms with Crippen LogP contribution in [0.25, 0.3) is 0 Å². The Labute approximate surface area is 142 Å². The van der Waals surface area contributed by atoms with E-state index in [2.05, 4.69) is 24.7 Å². The molecule has 2 rings (SSSR count). The van der Waals surface area contributed by atoms with Crippen molar-refractivity contribution in [3.8, 4) is 5.75 Å². The summed E-state index contributed by atoms with van der Waals surface area (Å²) in [5, 5.41) is 0. The summed E-state index contributed by atoms with van der Waals surface area (Å²) in [6, 6.07) is 15.6. The molecule has 0 heterocycles. The normalized spacial score (nSPS) is 10.3. The number of hydrogen-bond acceptors (Lipinski definition) is 3. The van der Waals surface area contributed by atoms with E-state index >= 15 is 0 Å². The molecule has 0 aliphatic heterocycles. The van der Waals surface area contributed by atoms with Gasteiger partial charge >= 0.3 is 0 Å². The smallest absolute Gasteiger partial charge is 0.269 e. The quantitative estimate of drug-likeness (QED) is 0.801. The summed E-state index contributed by atoms with van der Waals surface area (Å²) in [5.41, 5.74) is 5.70. The lowest BCUT2D eigenvalue weighted by Crippen LogP contribution is -2.41. The van der Waals surface area contributed by atoms with E-state index in [1.165, 1.54) is 0 Å². The lowest BCUT2D eigenvalue weighted by molar-refractivity contribution is 0.0846. The van der Waals surface area contributed by atoms with Crippen LogP contribution in [0.1, 0.15) is 41.0 Å². The van der Waals surface area contributed by atoms with Gasteiger partial charge in [-0.1, -0.05) is 38.1 Å². The monoisotopic (exact) mass is 326 g/mol. The zero-order valence-corrected chi connectivity index (χ0v) is 13.9. The molecule has 5 nitrogen and oxygen atoms in total. The summed E-state index contributed by atoms with van der Waals surface area (Å²) in [6.45, 7) is 4.86. The lowest BCUT2D eigenvalue weighted by Gasteiger charge is -2.10. The molecule has 2 amide bonds. The van der Waals surface area contributed by atoms with Gasteiger partial charge in [-0.15, -0.1) is 0 Å². The number of hydrogen-bond donors (Lipinski definition) is 2. The fourth-order valence-electron chi connectivity index (χ4n) is 1.99. The van der Waals surface area contributed by atoms with Gasteiger partial charge in [0.15, 0.2) is 0 Å². The van der Waals surface area contributed by atoms with E-state index in [1.54, 1.807) is 48.5 Å². The van der Waals surface area contributed by atoms with E-state index in [1.807, 2.05) is 6.07 Å². The van der Waals surface area contributed by atoms with Gasteiger partial charge < -0.3 is 4.74 Å². The van der Waals surface area contributed by atoms with Crippen molar-refractivity contribution >= 4 is 11.8 Å². The Hall–Kier alpha value is -2.82. The number of rotatable bonds is 6. The fourth-order valence-corrected chi connectivity index (χ4v) is 1.99. The molecule has 5 heteroatoms. The topological polar surface area (TPSA) is 67.4 Å². The van der Waals surface area contributed by atoms with E-state index in [4.69, 9.17) is 4.74 Å². The Morgan fingerprint density at radius 3 is 2.21 bits per heavy atom. The molecule has 0 atom stereocenters. The van der Waals surface area contributed by atoms with Gasteiger partial charge in [0, 0.05) is 11.1 Å². The third-order valence-corrected chi connectivity index (χ3v) is 3.39. The molecule has 0 unspecified atom stereocenters. The average molecular weight is 326 g/mol. The van der Waals surface area contributed by atoms with Crippen molar-refractivity contribution in [3.63, 3.8) is 0 Å². The molecule has 2 aromatic carbocycles. The summed E-state index contributed by atoms with van der Waals surface area (Å²) in [4.78, 5) is 24.0. The number of carbonyl (C=O) groups excluding carboxylic acids is 2. The highest BCUT2D eigenvalue weighted by atomic mass is 16.5. The summed E-state index contributed by atoms with van der Waals surface area (Å²) in [6.07, 6.45) is 0.948. The summed E-state index contributed by atoms with van der Waals surface area (Å²) in [7, 11) is 0. The van der Waals surface area contributed by atoms with Gasteiger partial charge in [0.1, 0.15) is 5.75 Å². The van der Waals surface area contributed by atoms with Crippen LogP contribution in [-0.4, -0.2) is 18.4 Å². The first-order chi connectivity index (χ1) is 11.6. The van der Waals surface area contributed by atoms with Crippen molar-refractivity contribution in [2.24, 2.45) is 5.92 Å². The maximum atomic E-state index is 12.1. The summed E-state index contributed by atoms with van der Waals surface area (Å²) >= 11 is 0. The van der Waals surface area contributed by atoms with Crippen LogP contribution in [0, 0.1) is 5.92 Å². The van der Waals surface area contributed by atoms with E-state index in [9.17, 15) is 9.59 Å². The Bertz CT molecular complexity index is 684. The number of ether oxygens (including phenoxy) is 1. The van der Waals surface area contributed by atoms with Crippen LogP contribution < -0.4 is 15.6 Å². The molecule has 0 aliphatic rings. The summed E-state index contributed by atoms with van der Waals surface area (Å²) < 4.78 is 5.64. The van der Waals surface area contributed by atoms with E-state index in [0.717, 1.165) is 6.42 Å². The molecule has 0 radical (unpaired) electrons. The predicted octanol–water partition coefficient (Wildman–Crippen LogP) is 3.19. The average Bonchev–Trinajstić information content (AvgIpc) is 2.60. The minimum atomic E-state index is -0.395. The Balaban J connectivity index is 1.89. The highest BCUT2D eigenvalue weighted by molar-refractivity contribution is 5.99. The number of amides is 2. The lowest BCUT2D eigenvalue weighted by atomic mass is 10.1. The van der Waals surface area contributed by atoms with Gasteiger partial charge in [-0.25, -0.2) is 0 Å². The maximum Gasteiger partial charge on any atom is 0.269 e. The first-order valence-electron chi connectivity index (χ1n) is 7.95. The molecule has 2 aromatic rings. The van der Waals surface area contributed by atoms with Crippen LogP contribution in [-0.2, 0) is 0 Å². The van der Waals surface area contributed by atoms with Crippen LogP contribution in [0.15, 0.2) is 54.6 Å². The van der Waals surface area contributed by atoms with Crippen molar-refractivity contribution in [3.05, 3.63) is 65.7 Å². The number of benzene rings is 2. The van der Waals surface area contributed by atoms with Crippen LogP contribution in [0.2, 0.25) is 0 Å². The van der Waals surface area contributed by atoms with Gasteiger partial charge in [0.2, 0.25) is 0 Å². The van der Waals surface area contributed by atoms with Crippen molar-refractivity contribution in [1.29, 1.82) is 0 Å². The highest BCUT2D eigenvalue weighted by Gasteiger charge is 2.09. The van der Waals surface area contributed by atoms with Crippen molar-refractivity contribution in [1.82, 2.24) is 10.9 Å². The second-order valence-corrected chi connectivity index (χ2v) is 5.83. The largest absolute Gasteiger partial charge is 0.494 e. The summed E-state index contributed by atoms with van der Waals surface area (Å²) in [5.74, 6) is 0.434. The van der Waals surface area contributed by atoms with Crippen LogP contribution in [0.5, 0.6) is 5.75 Å². The molecule has 2 N–H and O–H groups in total. The first kappa shape index (κ1) is 17.5. The SMILES string of the molecule is CC(C)CCOc1cccc(C(=O)NNC(=O)c2ccccc2)c1. The third kappa shape index (κ3) is 5.43. The molecule has 0 bridgehead atoms. The van der Waals surface area contributed by atoms with Gasteiger partial charge in [-0.3, -0.25) is 20.4 Å². The number of hydrazine groups is 1. The minimum absolute atomic E-state index is 0.367. The molecule has 0 aromatic heterocycles. The van der Waals surface area contributed by atoms with E-state index < -0.39 is 5.91 Å². The van der Waals surface area contributed by atoms with E-state index in [-0.39, 0.29) is 5.91 Å². The standard InChI is InChI=1S/C19H22N2O3/c1-14(2)11-12-24-17-10-6-9-16(13-17)19(23)21-20-18(22)15-7-4-3-5-8-15/h3-10,13-14H,11-12H2,1-2H3,(H,20,22)(H,21,23). The van der Waals surface area contributed by atoms with Gasteiger partial charge in [-0.05, 0) is 42.7 Å². The molecule has 24 heavy (non-hydrogen) atoms. The Morgan fingerprint density at radius 2 is 1.54 bits per heavy atom. The molecule has 0 spiro atoms. The zero-order chi connectivity index (χ0) is 17.4. The number of nitrogens with one attached hydrogen (secondary N) is 2. The number of carbonyl (C=O) groups is 2. The van der Waals surface area contributed by atoms with Crippen molar-refractivity contribution in [2.45, 2.75) is 20.3 Å². The third-order valence-electron chi connectivity index (χ3n) is 3.39. The van der Waals surface area contributed by atoms with Crippen LogP contribution in [0.3, 0.4) is 0 Å². The Morgan fingerprint density at radius 1 is 0.917 bits per heavy atom. The second kappa shape index (κ2) is 8.72. The van der Waals surface area contributed by atoms with Gasteiger partial charge in [0.05, 0.1) is 6.61 Å². The van der Waals surface area contributed by atoms with Gasteiger partial charge in [0.25, 0.3) is 11.8 Å². The van der Waals surface area contributed by atoms with Gasteiger partial charge in [-0.2, -0.15) is 0 Å². The highest BCUT2D eigenvalue weighted by Crippen LogP contribution is 2.14. The molecule has 126 valence electrons.